The van der Waals surface area contributed by atoms with Crippen molar-refractivity contribution in [3.63, 3.8) is 0 Å². The first-order chi connectivity index (χ1) is 13.7. The molecule has 0 atom stereocenters. The Balaban J connectivity index is 1.64. The van der Waals surface area contributed by atoms with Gasteiger partial charge in [-0.3, -0.25) is 14.9 Å². The molecule has 0 spiro atoms. The molecular weight excluding hydrogens is 390 g/mol. The summed E-state index contributed by atoms with van der Waals surface area (Å²) < 4.78 is 0. The van der Waals surface area contributed by atoms with E-state index in [0.29, 0.717) is 26.3 Å². The number of thiophene rings is 1. The zero-order valence-corrected chi connectivity index (χ0v) is 16.2. The van der Waals surface area contributed by atoms with E-state index in [1.165, 1.54) is 22.7 Å². The van der Waals surface area contributed by atoms with E-state index >= 15 is 0 Å². The Morgan fingerprint density at radius 3 is 2.18 bits per heavy atom. The maximum absolute atomic E-state index is 12.6. The molecule has 4 rings (SSSR count). The first-order valence-corrected chi connectivity index (χ1v) is 10.2. The molecule has 0 aliphatic carbocycles. The second-order valence-corrected chi connectivity index (χ2v) is 7.76. The van der Waals surface area contributed by atoms with Crippen molar-refractivity contribution in [2.75, 3.05) is 10.6 Å². The van der Waals surface area contributed by atoms with Gasteiger partial charge in [-0.2, -0.15) is 0 Å². The van der Waals surface area contributed by atoms with E-state index in [0.717, 1.165) is 5.56 Å². The van der Waals surface area contributed by atoms with Gasteiger partial charge in [-0.05, 0) is 23.6 Å². The van der Waals surface area contributed by atoms with Crippen molar-refractivity contribution in [3.8, 4) is 11.3 Å². The van der Waals surface area contributed by atoms with Crippen LogP contribution < -0.4 is 10.6 Å². The second kappa shape index (κ2) is 8.16. The number of carbonyl (C=O) groups excluding carboxylic acids is 2. The number of benzene rings is 2. The van der Waals surface area contributed by atoms with Gasteiger partial charge in [0.25, 0.3) is 11.8 Å². The fourth-order valence-electron chi connectivity index (χ4n) is 2.58. The van der Waals surface area contributed by atoms with Gasteiger partial charge >= 0.3 is 0 Å². The van der Waals surface area contributed by atoms with Gasteiger partial charge in [0.1, 0.15) is 10.7 Å². The molecule has 0 unspecified atom stereocenters. The number of anilines is 2. The molecule has 2 N–H and O–H groups in total. The van der Waals surface area contributed by atoms with E-state index in [1.807, 2.05) is 60.0 Å². The third-order valence-electron chi connectivity index (χ3n) is 3.90. The molecule has 0 saturated heterocycles. The Kier molecular flexibility index (Phi) is 5.27. The second-order valence-electron chi connectivity index (χ2n) is 5.81. The number of nitrogens with one attached hydrogen (secondary N) is 2. The molecule has 2 aromatic heterocycles. The highest BCUT2D eigenvalue weighted by molar-refractivity contribution is 7.20. The zero-order valence-electron chi connectivity index (χ0n) is 14.6. The van der Waals surface area contributed by atoms with Crippen LogP contribution in [0.4, 0.5) is 10.1 Å². The Morgan fingerprint density at radius 2 is 1.50 bits per heavy atom. The molecule has 2 aromatic carbocycles. The minimum Gasteiger partial charge on any atom is -0.312 e. The van der Waals surface area contributed by atoms with Gasteiger partial charge < -0.3 is 5.32 Å². The van der Waals surface area contributed by atoms with Gasteiger partial charge in [0, 0.05) is 11.1 Å². The summed E-state index contributed by atoms with van der Waals surface area (Å²) >= 11 is 2.59. The summed E-state index contributed by atoms with van der Waals surface area (Å²) in [5, 5.41) is 8.60. The molecule has 4 aromatic rings. The lowest BCUT2D eigenvalue weighted by atomic mass is 10.1. The number of hydrogen-bond donors (Lipinski definition) is 2. The standard InChI is InChI=1S/C21H15N3O2S2/c25-18(15-10-5-2-6-11-15)23-20-17(14-8-3-1-4-9-14)22-21(28-20)24-19(26)16-12-7-13-27-16/h1-13H,(H,23,25)(H,22,24,26). The van der Waals surface area contributed by atoms with Gasteiger partial charge in [-0.15, -0.1) is 11.3 Å². The summed E-state index contributed by atoms with van der Waals surface area (Å²) in [4.78, 5) is 30.1. The van der Waals surface area contributed by atoms with Crippen LogP contribution >= 0.6 is 22.7 Å². The molecule has 2 heterocycles. The summed E-state index contributed by atoms with van der Waals surface area (Å²) in [7, 11) is 0. The molecular formula is C21H15N3O2S2. The van der Waals surface area contributed by atoms with Crippen molar-refractivity contribution < 1.29 is 9.59 Å². The van der Waals surface area contributed by atoms with Crippen molar-refractivity contribution in [2.24, 2.45) is 0 Å². The monoisotopic (exact) mass is 405 g/mol. The van der Waals surface area contributed by atoms with Gasteiger partial charge in [0.2, 0.25) is 0 Å². The quantitative estimate of drug-likeness (QED) is 0.468. The van der Waals surface area contributed by atoms with Gasteiger partial charge in [0.15, 0.2) is 5.13 Å². The smallest absolute Gasteiger partial charge is 0.267 e. The normalized spacial score (nSPS) is 10.4. The van der Waals surface area contributed by atoms with Crippen LogP contribution in [-0.2, 0) is 0 Å². The topological polar surface area (TPSA) is 71.1 Å². The van der Waals surface area contributed by atoms with E-state index in [2.05, 4.69) is 15.6 Å². The van der Waals surface area contributed by atoms with Crippen LogP contribution in [0.15, 0.2) is 78.2 Å². The zero-order chi connectivity index (χ0) is 19.3. The number of hydrogen-bond acceptors (Lipinski definition) is 5. The highest BCUT2D eigenvalue weighted by atomic mass is 32.1. The molecule has 0 bridgehead atoms. The predicted octanol–water partition coefficient (Wildman–Crippen LogP) is 5.38. The van der Waals surface area contributed by atoms with Crippen LogP contribution in [0.5, 0.6) is 0 Å². The third kappa shape index (κ3) is 4.00. The van der Waals surface area contributed by atoms with Crippen molar-refractivity contribution in [3.05, 3.63) is 88.6 Å². The molecule has 138 valence electrons. The number of nitrogens with zero attached hydrogens (tertiary/aromatic N) is 1. The molecule has 5 nitrogen and oxygen atoms in total. The van der Waals surface area contributed by atoms with Crippen molar-refractivity contribution >= 4 is 44.6 Å². The van der Waals surface area contributed by atoms with Crippen LogP contribution in [0.3, 0.4) is 0 Å². The Hall–Kier alpha value is -3.29. The SMILES string of the molecule is O=C(Nc1sc(NC(=O)c2cccs2)nc1-c1ccccc1)c1ccccc1. The Morgan fingerprint density at radius 1 is 0.786 bits per heavy atom. The highest BCUT2D eigenvalue weighted by Gasteiger charge is 2.18. The third-order valence-corrected chi connectivity index (χ3v) is 5.66. The van der Waals surface area contributed by atoms with Crippen molar-refractivity contribution in [2.45, 2.75) is 0 Å². The number of rotatable bonds is 5. The lowest BCUT2D eigenvalue weighted by Crippen LogP contribution is -2.11. The average Bonchev–Trinajstić information content (AvgIpc) is 3.40. The largest absolute Gasteiger partial charge is 0.312 e. The molecule has 28 heavy (non-hydrogen) atoms. The number of carbonyl (C=O) groups is 2. The van der Waals surface area contributed by atoms with Crippen LogP contribution in [-0.4, -0.2) is 16.8 Å². The molecule has 0 radical (unpaired) electrons. The molecule has 0 aliphatic heterocycles. The molecule has 2 amide bonds. The van der Waals surface area contributed by atoms with E-state index in [9.17, 15) is 9.59 Å². The molecule has 0 saturated carbocycles. The lowest BCUT2D eigenvalue weighted by Gasteiger charge is -2.05. The van der Waals surface area contributed by atoms with Crippen LogP contribution in [0.2, 0.25) is 0 Å². The summed E-state index contributed by atoms with van der Waals surface area (Å²) in [6.07, 6.45) is 0. The van der Waals surface area contributed by atoms with E-state index in [-0.39, 0.29) is 11.8 Å². The molecule has 7 heteroatoms. The fourth-order valence-corrected chi connectivity index (χ4v) is 4.08. The van der Waals surface area contributed by atoms with E-state index in [1.54, 1.807) is 18.2 Å². The fraction of sp³-hybridized carbons (Fsp3) is 0. The van der Waals surface area contributed by atoms with Crippen LogP contribution in [0.1, 0.15) is 20.0 Å². The molecule has 0 fully saturated rings. The maximum Gasteiger partial charge on any atom is 0.267 e. The highest BCUT2D eigenvalue weighted by Crippen LogP contribution is 2.36. The van der Waals surface area contributed by atoms with E-state index < -0.39 is 0 Å². The Bertz CT molecular complexity index is 1090. The van der Waals surface area contributed by atoms with E-state index in [4.69, 9.17) is 0 Å². The van der Waals surface area contributed by atoms with Crippen LogP contribution in [0.25, 0.3) is 11.3 Å². The minimum absolute atomic E-state index is 0.218. The lowest BCUT2D eigenvalue weighted by molar-refractivity contribution is 0.102. The maximum atomic E-state index is 12.6. The number of thiazole rings is 1. The average molecular weight is 406 g/mol. The minimum atomic E-state index is -0.224. The first kappa shape index (κ1) is 18.1. The van der Waals surface area contributed by atoms with Gasteiger partial charge in [0.05, 0.1) is 4.88 Å². The first-order valence-electron chi connectivity index (χ1n) is 8.48. The predicted molar refractivity (Wildman–Crippen MR) is 114 cm³/mol. The number of amides is 2. The van der Waals surface area contributed by atoms with Crippen molar-refractivity contribution in [1.82, 2.24) is 4.98 Å². The summed E-state index contributed by atoms with van der Waals surface area (Å²) in [5.74, 6) is -0.443. The van der Waals surface area contributed by atoms with Gasteiger partial charge in [-0.25, -0.2) is 4.98 Å². The summed E-state index contributed by atoms with van der Waals surface area (Å²) in [5.41, 5.74) is 2.04. The molecule has 0 aliphatic rings. The Labute approximate surface area is 169 Å². The summed E-state index contributed by atoms with van der Waals surface area (Å²) in [6, 6.07) is 22.1. The van der Waals surface area contributed by atoms with Gasteiger partial charge in [-0.1, -0.05) is 65.9 Å². The number of aromatic nitrogens is 1. The summed E-state index contributed by atoms with van der Waals surface area (Å²) in [6.45, 7) is 0. The van der Waals surface area contributed by atoms with Crippen molar-refractivity contribution in [1.29, 1.82) is 0 Å². The van der Waals surface area contributed by atoms with Crippen LogP contribution in [0, 0.1) is 0 Å².